The monoisotopic (exact) mass is 140 g/mol. The van der Waals surface area contributed by atoms with E-state index in [2.05, 4.69) is 6.07 Å². The number of ketones is 1. The van der Waals surface area contributed by atoms with Crippen LogP contribution in [0.4, 0.5) is 0 Å². The molecule has 2 heteroatoms. The van der Waals surface area contributed by atoms with Crippen molar-refractivity contribution in [2.75, 3.05) is 0 Å². The van der Waals surface area contributed by atoms with E-state index in [4.69, 9.17) is 0 Å². The molecule has 0 saturated carbocycles. The van der Waals surface area contributed by atoms with Crippen molar-refractivity contribution >= 4 is 5.78 Å². The van der Waals surface area contributed by atoms with Crippen LogP contribution in [-0.2, 0) is 0 Å². The zero-order valence-corrected chi connectivity index (χ0v) is 6.92. The fourth-order valence-corrected chi connectivity index (χ4v) is 0.757. The Morgan fingerprint density at radius 1 is 1.55 bits per heavy atom. The van der Waals surface area contributed by atoms with Gasteiger partial charge in [-0.15, -0.1) is 35.9 Å². The van der Waals surface area contributed by atoms with Crippen LogP contribution in [0.2, 0.25) is 0 Å². The maximum atomic E-state index is 11.0. The van der Waals surface area contributed by atoms with Crippen molar-refractivity contribution in [1.29, 1.82) is 0 Å². The van der Waals surface area contributed by atoms with Gasteiger partial charge in [0.05, 0.1) is 5.78 Å². The average Bonchev–Trinajstić information content (AvgIpc) is 2.05. The summed E-state index contributed by atoms with van der Waals surface area (Å²) < 4.78 is 0. The van der Waals surface area contributed by atoms with E-state index in [0.717, 1.165) is 0 Å². The van der Waals surface area contributed by atoms with Gasteiger partial charge in [-0.05, 0) is 6.42 Å². The van der Waals surface area contributed by atoms with E-state index < -0.39 is 0 Å². The molecular formula is C9H9LiO. The van der Waals surface area contributed by atoms with Gasteiger partial charge in [0.2, 0.25) is 0 Å². The Hall–Kier alpha value is -0.513. The van der Waals surface area contributed by atoms with Gasteiger partial charge in [0, 0.05) is 0 Å². The summed E-state index contributed by atoms with van der Waals surface area (Å²) in [7, 11) is 0. The summed E-state index contributed by atoms with van der Waals surface area (Å²) in [5, 5.41) is 0. The quantitative estimate of drug-likeness (QED) is 0.295. The predicted octanol–water partition coefficient (Wildman–Crippen LogP) is -0.917. The fraction of sp³-hybridized carbons (Fsp3) is 0.222. The van der Waals surface area contributed by atoms with Crippen molar-refractivity contribution in [3.63, 3.8) is 0 Å². The van der Waals surface area contributed by atoms with Gasteiger partial charge in [-0.3, -0.25) is 0 Å². The molecule has 11 heavy (non-hydrogen) atoms. The Balaban J connectivity index is 0.000001000. The van der Waals surface area contributed by atoms with E-state index >= 15 is 0 Å². The molecule has 0 N–H and O–H groups in total. The van der Waals surface area contributed by atoms with Gasteiger partial charge in [-0.2, -0.15) is 0 Å². The normalized spacial score (nSPS) is 8.45. The summed E-state index contributed by atoms with van der Waals surface area (Å²) in [4.78, 5) is 11.0. The number of carbonyl (C=O) groups excluding carboxylic acids is 1. The van der Waals surface area contributed by atoms with Crippen LogP contribution in [0.1, 0.15) is 23.7 Å². The average molecular weight is 140 g/mol. The summed E-state index contributed by atoms with van der Waals surface area (Å²) in [5.74, 6) is 0.153. The van der Waals surface area contributed by atoms with Crippen LogP contribution in [0.15, 0.2) is 24.3 Å². The molecule has 0 bridgehead atoms. The number of carbonyl (C=O) groups is 1. The second-order valence-electron chi connectivity index (χ2n) is 2.05. The van der Waals surface area contributed by atoms with Gasteiger partial charge in [-0.25, -0.2) is 0 Å². The summed E-state index contributed by atoms with van der Waals surface area (Å²) in [6, 6.07) is 10.1. The molecule has 0 saturated heterocycles. The van der Waals surface area contributed by atoms with Gasteiger partial charge in [0.1, 0.15) is 0 Å². The second kappa shape index (κ2) is 5.18. The first-order valence-corrected chi connectivity index (χ1v) is 3.34. The summed E-state index contributed by atoms with van der Waals surface area (Å²) in [6.45, 7) is 1.85. The van der Waals surface area contributed by atoms with Crippen LogP contribution in [0, 0.1) is 6.07 Å². The first kappa shape index (κ1) is 10.5. The Kier molecular flexibility index (Phi) is 4.94. The molecule has 1 aromatic carbocycles. The molecule has 1 aromatic rings. The number of hydrogen-bond acceptors (Lipinski definition) is 1. The van der Waals surface area contributed by atoms with E-state index in [-0.39, 0.29) is 24.6 Å². The molecule has 0 aliphatic rings. The summed E-state index contributed by atoms with van der Waals surface area (Å²) >= 11 is 0. The standard InChI is InChI=1S/C9H9O.Li/c1-2-9(10)8-6-4-3-5-7-8;/h3-6H,2H2,1H3;/q-1;+1. The van der Waals surface area contributed by atoms with Gasteiger partial charge in [0.15, 0.2) is 0 Å². The van der Waals surface area contributed by atoms with Crippen molar-refractivity contribution in [2.24, 2.45) is 0 Å². The number of Topliss-reactive ketones (excluding diaryl/α,β-unsaturated/α-hetero) is 1. The van der Waals surface area contributed by atoms with Crippen LogP contribution >= 0.6 is 0 Å². The van der Waals surface area contributed by atoms with Crippen LogP contribution in [-0.4, -0.2) is 5.78 Å². The van der Waals surface area contributed by atoms with Gasteiger partial charge < -0.3 is 4.79 Å². The second-order valence-corrected chi connectivity index (χ2v) is 2.05. The van der Waals surface area contributed by atoms with Crippen molar-refractivity contribution < 1.29 is 23.7 Å². The maximum Gasteiger partial charge on any atom is 1.00 e. The van der Waals surface area contributed by atoms with Crippen LogP contribution in [0.5, 0.6) is 0 Å². The molecule has 0 fully saturated rings. The minimum atomic E-state index is 0. The molecule has 0 aliphatic heterocycles. The van der Waals surface area contributed by atoms with E-state index in [9.17, 15) is 4.79 Å². The first-order chi connectivity index (χ1) is 4.84. The minimum Gasteiger partial charge on any atom is -0.352 e. The molecule has 0 atom stereocenters. The predicted molar refractivity (Wildman–Crippen MR) is 39.9 cm³/mol. The molecule has 0 aliphatic carbocycles. The molecule has 0 unspecified atom stereocenters. The Labute approximate surface area is 79.0 Å². The summed E-state index contributed by atoms with van der Waals surface area (Å²) in [5.41, 5.74) is 0.685. The zero-order chi connectivity index (χ0) is 7.40. The van der Waals surface area contributed by atoms with Crippen LogP contribution in [0.3, 0.4) is 0 Å². The minimum absolute atomic E-state index is 0. The number of benzene rings is 1. The number of hydrogen-bond donors (Lipinski definition) is 0. The molecule has 52 valence electrons. The topological polar surface area (TPSA) is 17.1 Å². The van der Waals surface area contributed by atoms with Crippen molar-refractivity contribution in [3.8, 4) is 0 Å². The molecule has 1 rings (SSSR count). The van der Waals surface area contributed by atoms with Crippen molar-refractivity contribution in [2.45, 2.75) is 13.3 Å². The fourth-order valence-electron chi connectivity index (χ4n) is 0.757. The van der Waals surface area contributed by atoms with Crippen molar-refractivity contribution in [3.05, 3.63) is 35.9 Å². The maximum absolute atomic E-state index is 11.0. The number of rotatable bonds is 2. The zero-order valence-electron chi connectivity index (χ0n) is 6.92. The third-order valence-electron chi connectivity index (χ3n) is 1.33. The molecule has 0 amide bonds. The van der Waals surface area contributed by atoms with Gasteiger partial charge in [-0.1, -0.05) is 6.92 Å². The van der Waals surface area contributed by atoms with Crippen LogP contribution in [0.25, 0.3) is 0 Å². The molecule has 0 aromatic heterocycles. The van der Waals surface area contributed by atoms with Gasteiger partial charge >= 0.3 is 18.9 Å². The Bertz CT molecular complexity index is 218. The Morgan fingerprint density at radius 2 is 2.27 bits per heavy atom. The van der Waals surface area contributed by atoms with E-state index in [1.165, 1.54) is 0 Å². The molecule has 0 radical (unpaired) electrons. The first-order valence-electron chi connectivity index (χ1n) is 3.34. The van der Waals surface area contributed by atoms with E-state index in [1.807, 2.05) is 19.1 Å². The molecule has 1 nitrogen and oxygen atoms in total. The van der Waals surface area contributed by atoms with Crippen LogP contribution < -0.4 is 18.9 Å². The smallest absolute Gasteiger partial charge is 0.352 e. The van der Waals surface area contributed by atoms with E-state index in [0.29, 0.717) is 12.0 Å². The molecule has 0 spiro atoms. The van der Waals surface area contributed by atoms with Crippen molar-refractivity contribution in [1.82, 2.24) is 0 Å². The Morgan fingerprint density at radius 3 is 2.73 bits per heavy atom. The molecular weight excluding hydrogens is 131 g/mol. The SMILES string of the molecule is CCC(=O)c1[c-]cccc1.[Li+]. The van der Waals surface area contributed by atoms with E-state index in [1.54, 1.807) is 12.1 Å². The third-order valence-corrected chi connectivity index (χ3v) is 1.33. The molecule has 0 heterocycles. The summed E-state index contributed by atoms with van der Waals surface area (Å²) in [6.07, 6.45) is 0.556. The van der Waals surface area contributed by atoms with Gasteiger partial charge in [0.25, 0.3) is 0 Å². The largest absolute Gasteiger partial charge is 1.00 e. The third kappa shape index (κ3) is 2.92.